The summed E-state index contributed by atoms with van der Waals surface area (Å²) < 4.78 is 13.3. The van der Waals surface area contributed by atoms with Gasteiger partial charge in [-0.25, -0.2) is 4.39 Å². The zero-order valence-corrected chi connectivity index (χ0v) is 11.8. The van der Waals surface area contributed by atoms with Crippen molar-refractivity contribution in [3.63, 3.8) is 0 Å². The molecule has 2 fully saturated rings. The molecule has 3 nitrogen and oxygen atoms in total. The first-order chi connectivity index (χ1) is 9.61. The Morgan fingerprint density at radius 3 is 2.85 bits per heavy atom. The highest BCUT2D eigenvalue weighted by Gasteiger charge is 2.38. The van der Waals surface area contributed by atoms with Gasteiger partial charge in [0.1, 0.15) is 5.82 Å². The molecule has 3 rings (SSSR count). The van der Waals surface area contributed by atoms with Crippen LogP contribution in [0, 0.1) is 18.7 Å². The summed E-state index contributed by atoms with van der Waals surface area (Å²) in [5.41, 5.74) is 1.36. The molecule has 0 bridgehead atoms. The van der Waals surface area contributed by atoms with E-state index in [1.165, 1.54) is 37.8 Å². The number of amides is 1. The van der Waals surface area contributed by atoms with E-state index in [1.807, 2.05) is 6.92 Å². The Morgan fingerprint density at radius 1 is 1.30 bits per heavy atom. The van der Waals surface area contributed by atoms with E-state index in [2.05, 4.69) is 10.6 Å². The lowest BCUT2D eigenvalue weighted by molar-refractivity contribution is -0.117. The van der Waals surface area contributed by atoms with Gasteiger partial charge in [-0.2, -0.15) is 0 Å². The fourth-order valence-corrected chi connectivity index (χ4v) is 3.56. The van der Waals surface area contributed by atoms with Crippen LogP contribution < -0.4 is 10.6 Å². The highest BCUT2D eigenvalue weighted by molar-refractivity contribution is 5.95. The molecule has 0 radical (unpaired) electrons. The maximum absolute atomic E-state index is 13.3. The molecular weight excluding hydrogens is 255 g/mol. The number of carbonyl (C=O) groups is 1. The molecule has 1 aliphatic heterocycles. The van der Waals surface area contributed by atoms with Gasteiger partial charge in [0.2, 0.25) is 5.91 Å². The van der Waals surface area contributed by atoms with E-state index in [1.54, 1.807) is 6.07 Å². The van der Waals surface area contributed by atoms with Gasteiger partial charge in [-0.15, -0.1) is 0 Å². The summed E-state index contributed by atoms with van der Waals surface area (Å²) in [6.45, 7) is 1.82. The minimum absolute atomic E-state index is 0.0376. The molecule has 1 aromatic rings. The second-order valence-corrected chi connectivity index (χ2v) is 6.11. The average Bonchev–Trinajstić information content (AvgIpc) is 2.81. The van der Waals surface area contributed by atoms with Crippen molar-refractivity contribution in [3.05, 3.63) is 29.6 Å². The van der Waals surface area contributed by atoms with E-state index in [0.29, 0.717) is 17.6 Å². The van der Waals surface area contributed by atoms with Crippen LogP contribution in [0.2, 0.25) is 0 Å². The first-order valence-electron chi connectivity index (χ1n) is 7.46. The number of aryl methyl sites for hydroxylation is 1. The predicted octanol–water partition coefficient (Wildman–Crippen LogP) is 2.99. The van der Waals surface area contributed by atoms with Gasteiger partial charge in [0.25, 0.3) is 0 Å². The standard InChI is InChI=1S/C16H21FN2O/c1-10-6-12(17)9-13(7-10)18-16(20)15-8-11-4-2-3-5-14(11)19-15/h6-7,9,11,14-15,19H,2-5,8H2,1H3,(H,18,20). The summed E-state index contributed by atoms with van der Waals surface area (Å²) in [5.74, 6) is 0.284. The lowest BCUT2D eigenvalue weighted by atomic mass is 9.85. The molecule has 3 unspecified atom stereocenters. The molecule has 1 amide bonds. The Hall–Kier alpha value is -1.42. The number of hydrogen-bond acceptors (Lipinski definition) is 2. The van der Waals surface area contributed by atoms with Crippen LogP contribution in [-0.2, 0) is 4.79 Å². The van der Waals surface area contributed by atoms with Crippen molar-refractivity contribution in [1.29, 1.82) is 0 Å². The number of rotatable bonds is 2. The van der Waals surface area contributed by atoms with E-state index >= 15 is 0 Å². The quantitative estimate of drug-likeness (QED) is 0.872. The third-order valence-corrected chi connectivity index (χ3v) is 4.49. The maximum Gasteiger partial charge on any atom is 0.241 e. The van der Waals surface area contributed by atoms with E-state index in [9.17, 15) is 9.18 Å². The topological polar surface area (TPSA) is 41.1 Å². The molecule has 0 spiro atoms. The van der Waals surface area contributed by atoms with Gasteiger partial charge >= 0.3 is 0 Å². The molecule has 20 heavy (non-hydrogen) atoms. The maximum atomic E-state index is 13.3. The van der Waals surface area contributed by atoms with Gasteiger partial charge in [0.05, 0.1) is 6.04 Å². The third kappa shape index (κ3) is 2.85. The predicted molar refractivity (Wildman–Crippen MR) is 77.1 cm³/mol. The van der Waals surface area contributed by atoms with Crippen LogP contribution in [0.5, 0.6) is 0 Å². The Labute approximate surface area is 118 Å². The van der Waals surface area contributed by atoms with Gasteiger partial charge in [0.15, 0.2) is 0 Å². The van der Waals surface area contributed by atoms with Crippen molar-refractivity contribution in [2.75, 3.05) is 5.32 Å². The number of benzene rings is 1. The van der Waals surface area contributed by atoms with Gasteiger partial charge in [-0.1, -0.05) is 12.8 Å². The number of carbonyl (C=O) groups excluding carboxylic acids is 1. The van der Waals surface area contributed by atoms with Crippen LogP contribution in [0.3, 0.4) is 0 Å². The molecule has 3 atom stereocenters. The molecule has 2 aliphatic rings. The second kappa shape index (κ2) is 5.52. The normalized spacial score (nSPS) is 29.0. The monoisotopic (exact) mass is 276 g/mol. The summed E-state index contributed by atoms with van der Waals surface area (Å²) in [4.78, 5) is 12.3. The number of fused-ring (bicyclic) bond motifs is 1. The number of hydrogen-bond donors (Lipinski definition) is 2. The molecular formula is C16H21FN2O. The van der Waals surface area contributed by atoms with E-state index in [-0.39, 0.29) is 17.8 Å². The minimum atomic E-state index is -0.312. The van der Waals surface area contributed by atoms with Crippen LogP contribution >= 0.6 is 0 Å². The minimum Gasteiger partial charge on any atom is -0.325 e. The molecule has 108 valence electrons. The molecule has 1 saturated heterocycles. The van der Waals surface area contributed by atoms with Crippen LogP contribution in [-0.4, -0.2) is 18.0 Å². The molecule has 4 heteroatoms. The zero-order valence-electron chi connectivity index (χ0n) is 11.8. The molecule has 0 aromatic heterocycles. The van der Waals surface area contributed by atoms with E-state index < -0.39 is 0 Å². The number of anilines is 1. The molecule has 1 saturated carbocycles. The lowest BCUT2D eigenvalue weighted by Crippen LogP contribution is -2.39. The average molecular weight is 276 g/mol. The van der Waals surface area contributed by atoms with Crippen molar-refractivity contribution in [3.8, 4) is 0 Å². The fourth-order valence-electron chi connectivity index (χ4n) is 3.56. The summed E-state index contributed by atoms with van der Waals surface area (Å²) >= 11 is 0. The van der Waals surface area contributed by atoms with Crippen molar-refractivity contribution < 1.29 is 9.18 Å². The Morgan fingerprint density at radius 2 is 2.10 bits per heavy atom. The van der Waals surface area contributed by atoms with E-state index in [0.717, 1.165) is 12.0 Å². The fraction of sp³-hybridized carbons (Fsp3) is 0.562. The molecule has 1 aliphatic carbocycles. The van der Waals surface area contributed by atoms with Crippen LogP contribution in [0.1, 0.15) is 37.7 Å². The number of halogens is 1. The highest BCUT2D eigenvalue weighted by atomic mass is 19.1. The molecule has 2 N–H and O–H groups in total. The van der Waals surface area contributed by atoms with Crippen LogP contribution in [0.25, 0.3) is 0 Å². The Balaban J connectivity index is 1.64. The SMILES string of the molecule is Cc1cc(F)cc(NC(=O)C2CC3CCCCC3N2)c1. The van der Waals surface area contributed by atoms with Gasteiger partial charge in [-0.3, -0.25) is 4.79 Å². The smallest absolute Gasteiger partial charge is 0.241 e. The first kappa shape index (κ1) is 13.6. The second-order valence-electron chi connectivity index (χ2n) is 6.11. The first-order valence-corrected chi connectivity index (χ1v) is 7.46. The Bertz CT molecular complexity index is 483. The van der Waals surface area contributed by atoms with Crippen LogP contribution in [0.4, 0.5) is 10.1 Å². The van der Waals surface area contributed by atoms with Gasteiger partial charge in [-0.05, 0) is 55.9 Å². The molecule has 1 aromatic carbocycles. The Kier molecular flexibility index (Phi) is 3.74. The lowest BCUT2D eigenvalue weighted by Gasteiger charge is -2.24. The van der Waals surface area contributed by atoms with Gasteiger partial charge < -0.3 is 10.6 Å². The van der Waals surface area contributed by atoms with Crippen molar-refractivity contribution >= 4 is 11.6 Å². The van der Waals surface area contributed by atoms with Crippen molar-refractivity contribution in [1.82, 2.24) is 5.32 Å². The largest absolute Gasteiger partial charge is 0.325 e. The summed E-state index contributed by atoms with van der Waals surface area (Å²) in [6.07, 6.45) is 5.84. The van der Waals surface area contributed by atoms with Gasteiger partial charge in [0, 0.05) is 11.7 Å². The van der Waals surface area contributed by atoms with Crippen molar-refractivity contribution in [2.45, 2.75) is 51.1 Å². The molecule has 1 heterocycles. The zero-order chi connectivity index (χ0) is 14.1. The summed E-state index contributed by atoms with van der Waals surface area (Å²) in [5, 5.41) is 6.27. The summed E-state index contributed by atoms with van der Waals surface area (Å²) in [7, 11) is 0. The van der Waals surface area contributed by atoms with Crippen LogP contribution in [0.15, 0.2) is 18.2 Å². The summed E-state index contributed by atoms with van der Waals surface area (Å²) in [6, 6.07) is 4.98. The highest BCUT2D eigenvalue weighted by Crippen LogP contribution is 2.33. The number of nitrogens with one attached hydrogen (secondary N) is 2. The third-order valence-electron chi connectivity index (χ3n) is 4.49. The van der Waals surface area contributed by atoms with Crippen molar-refractivity contribution in [2.24, 2.45) is 5.92 Å². The van der Waals surface area contributed by atoms with E-state index in [4.69, 9.17) is 0 Å².